The predicted octanol–water partition coefficient (Wildman–Crippen LogP) is 0.725. The first kappa shape index (κ1) is 7.93. The van der Waals surface area contributed by atoms with E-state index < -0.39 is 0 Å². The first-order valence-electron chi connectivity index (χ1n) is 4.44. The minimum absolute atomic E-state index is 0.130. The minimum atomic E-state index is -0.130. The molecule has 1 N–H and O–H groups in total. The van der Waals surface area contributed by atoms with Crippen LogP contribution in [0.5, 0.6) is 0 Å². The van der Waals surface area contributed by atoms with Gasteiger partial charge < -0.3 is 5.32 Å². The fourth-order valence-electron chi connectivity index (χ4n) is 1.20. The number of rotatable bonds is 2. The van der Waals surface area contributed by atoms with Crippen LogP contribution in [0, 0.1) is 0 Å². The van der Waals surface area contributed by atoms with Crippen molar-refractivity contribution in [3.05, 3.63) is 22.6 Å². The molecule has 0 radical (unpaired) electrons. The van der Waals surface area contributed by atoms with E-state index in [1.807, 2.05) is 0 Å². The number of anilines is 1. The molecule has 2 aromatic rings. The molecule has 3 rings (SSSR count). The van der Waals surface area contributed by atoms with E-state index in [4.69, 9.17) is 0 Å². The molecule has 1 aliphatic carbocycles. The summed E-state index contributed by atoms with van der Waals surface area (Å²) in [6.07, 6.45) is 3.90. The molecule has 0 amide bonds. The summed E-state index contributed by atoms with van der Waals surface area (Å²) >= 11 is 1.41. The highest BCUT2D eigenvalue weighted by Gasteiger charge is 2.22. The van der Waals surface area contributed by atoms with Gasteiger partial charge in [0.05, 0.1) is 0 Å². The van der Waals surface area contributed by atoms with Crippen LogP contribution in [0.3, 0.4) is 0 Å². The van der Waals surface area contributed by atoms with Crippen LogP contribution in [0.4, 0.5) is 5.13 Å². The van der Waals surface area contributed by atoms with E-state index in [1.165, 1.54) is 41.0 Å². The van der Waals surface area contributed by atoms with E-state index in [0.29, 0.717) is 11.0 Å². The van der Waals surface area contributed by atoms with Crippen LogP contribution >= 0.6 is 11.3 Å². The number of hydrogen-bond acceptors (Lipinski definition) is 5. The maximum Gasteiger partial charge on any atom is 0.275 e. The Balaban J connectivity index is 2.09. The van der Waals surface area contributed by atoms with E-state index in [9.17, 15) is 4.79 Å². The van der Waals surface area contributed by atoms with Crippen LogP contribution < -0.4 is 10.9 Å². The highest BCUT2D eigenvalue weighted by molar-refractivity contribution is 7.20. The Labute approximate surface area is 83.4 Å². The SMILES string of the molecule is O=c1ccnc2sc(NC3CC3)nn12. The third-order valence-electron chi connectivity index (χ3n) is 2.08. The van der Waals surface area contributed by atoms with Crippen LogP contribution in [-0.2, 0) is 0 Å². The third kappa shape index (κ3) is 1.27. The van der Waals surface area contributed by atoms with E-state index in [0.717, 1.165) is 5.13 Å². The molecule has 0 bridgehead atoms. The summed E-state index contributed by atoms with van der Waals surface area (Å²) in [5.41, 5.74) is -0.130. The number of nitrogens with one attached hydrogen (secondary N) is 1. The van der Waals surface area contributed by atoms with Crippen LogP contribution in [0.15, 0.2) is 17.1 Å². The summed E-state index contributed by atoms with van der Waals surface area (Å²) in [5, 5.41) is 8.16. The Morgan fingerprint density at radius 2 is 2.43 bits per heavy atom. The third-order valence-corrected chi connectivity index (χ3v) is 2.93. The summed E-state index contributed by atoms with van der Waals surface area (Å²) in [6.45, 7) is 0. The van der Waals surface area contributed by atoms with Crippen molar-refractivity contribution in [2.75, 3.05) is 5.32 Å². The van der Waals surface area contributed by atoms with Gasteiger partial charge in [-0.15, -0.1) is 5.10 Å². The second-order valence-electron chi connectivity index (χ2n) is 3.30. The zero-order valence-corrected chi connectivity index (χ0v) is 8.12. The van der Waals surface area contributed by atoms with Gasteiger partial charge >= 0.3 is 0 Å². The average Bonchev–Trinajstić information content (AvgIpc) is 2.84. The molecule has 0 unspecified atom stereocenters. The number of nitrogens with zero attached hydrogens (tertiary/aromatic N) is 3. The zero-order chi connectivity index (χ0) is 9.54. The van der Waals surface area contributed by atoms with Gasteiger partial charge in [-0.05, 0) is 12.8 Å². The molecule has 1 saturated carbocycles. The van der Waals surface area contributed by atoms with Crippen LogP contribution in [-0.4, -0.2) is 20.6 Å². The molecule has 6 heteroatoms. The second-order valence-corrected chi connectivity index (χ2v) is 4.26. The molecule has 0 aliphatic heterocycles. The molecule has 1 fully saturated rings. The molecule has 0 aromatic carbocycles. The molecule has 1 aliphatic rings. The molecule has 72 valence electrons. The molecule has 14 heavy (non-hydrogen) atoms. The van der Waals surface area contributed by atoms with Gasteiger partial charge in [0.15, 0.2) is 0 Å². The molecule has 2 heterocycles. The molecule has 5 nitrogen and oxygen atoms in total. The van der Waals surface area contributed by atoms with Gasteiger partial charge in [-0.3, -0.25) is 4.79 Å². The lowest BCUT2D eigenvalue weighted by Crippen LogP contribution is -2.13. The van der Waals surface area contributed by atoms with Crippen molar-refractivity contribution in [3.63, 3.8) is 0 Å². The Morgan fingerprint density at radius 3 is 3.14 bits per heavy atom. The first-order chi connectivity index (χ1) is 6.83. The molecule has 0 spiro atoms. The summed E-state index contributed by atoms with van der Waals surface area (Å²) in [5.74, 6) is 0. The van der Waals surface area contributed by atoms with Crippen molar-refractivity contribution < 1.29 is 0 Å². The highest BCUT2D eigenvalue weighted by atomic mass is 32.1. The van der Waals surface area contributed by atoms with Crippen LogP contribution in [0.25, 0.3) is 4.96 Å². The lowest BCUT2D eigenvalue weighted by atomic mass is 10.7. The number of hydrogen-bond donors (Lipinski definition) is 1. The van der Waals surface area contributed by atoms with Crippen molar-refractivity contribution >= 4 is 21.4 Å². The van der Waals surface area contributed by atoms with Crippen LogP contribution in [0.2, 0.25) is 0 Å². The summed E-state index contributed by atoms with van der Waals surface area (Å²) in [7, 11) is 0. The Kier molecular flexibility index (Phi) is 1.57. The second kappa shape index (κ2) is 2.78. The van der Waals surface area contributed by atoms with Gasteiger partial charge in [0, 0.05) is 18.3 Å². The molecule has 2 aromatic heterocycles. The standard InChI is InChI=1S/C8H8N4OS/c13-6-3-4-9-8-12(6)11-7(14-8)10-5-1-2-5/h3-5H,1-2H2,(H,10,11). The van der Waals surface area contributed by atoms with Crippen LogP contribution in [0.1, 0.15) is 12.8 Å². The van der Waals surface area contributed by atoms with Crippen molar-refractivity contribution in [3.8, 4) is 0 Å². The van der Waals surface area contributed by atoms with Crippen molar-refractivity contribution in [2.24, 2.45) is 0 Å². The minimum Gasteiger partial charge on any atom is -0.357 e. The van der Waals surface area contributed by atoms with E-state index >= 15 is 0 Å². The van der Waals surface area contributed by atoms with Gasteiger partial charge in [0.1, 0.15) is 0 Å². The predicted molar refractivity (Wildman–Crippen MR) is 53.8 cm³/mol. The van der Waals surface area contributed by atoms with Gasteiger partial charge in [0.25, 0.3) is 5.56 Å². The van der Waals surface area contributed by atoms with Crippen molar-refractivity contribution in [1.82, 2.24) is 14.6 Å². The van der Waals surface area contributed by atoms with E-state index in [-0.39, 0.29) is 5.56 Å². The summed E-state index contributed by atoms with van der Waals surface area (Å²) < 4.78 is 1.33. The fraction of sp³-hybridized carbons (Fsp3) is 0.375. The Hall–Kier alpha value is -1.43. The quantitative estimate of drug-likeness (QED) is 0.790. The lowest BCUT2D eigenvalue weighted by molar-refractivity contribution is 0.895. The largest absolute Gasteiger partial charge is 0.357 e. The molecule has 0 atom stereocenters. The maximum atomic E-state index is 11.3. The van der Waals surface area contributed by atoms with Crippen molar-refractivity contribution in [1.29, 1.82) is 0 Å². The smallest absolute Gasteiger partial charge is 0.275 e. The molecular formula is C8H8N4OS. The molecule has 0 saturated heterocycles. The molecular weight excluding hydrogens is 200 g/mol. The van der Waals surface area contributed by atoms with E-state index in [1.54, 1.807) is 0 Å². The monoisotopic (exact) mass is 208 g/mol. The van der Waals surface area contributed by atoms with Gasteiger partial charge in [-0.1, -0.05) is 11.3 Å². The normalized spacial score (nSPS) is 16.0. The average molecular weight is 208 g/mol. The summed E-state index contributed by atoms with van der Waals surface area (Å²) in [6, 6.07) is 1.96. The van der Waals surface area contributed by atoms with Gasteiger partial charge in [-0.2, -0.15) is 4.52 Å². The Morgan fingerprint density at radius 1 is 1.57 bits per heavy atom. The maximum absolute atomic E-state index is 11.3. The first-order valence-corrected chi connectivity index (χ1v) is 5.26. The zero-order valence-electron chi connectivity index (χ0n) is 7.30. The number of aromatic nitrogens is 3. The summed E-state index contributed by atoms with van der Waals surface area (Å²) in [4.78, 5) is 16.0. The topological polar surface area (TPSA) is 59.3 Å². The lowest BCUT2D eigenvalue weighted by Gasteiger charge is -1.93. The van der Waals surface area contributed by atoms with E-state index in [2.05, 4.69) is 15.4 Å². The van der Waals surface area contributed by atoms with Crippen molar-refractivity contribution in [2.45, 2.75) is 18.9 Å². The van der Waals surface area contributed by atoms with Gasteiger partial charge in [0.2, 0.25) is 10.1 Å². The highest BCUT2D eigenvalue weighted by Crippen LogP contribution is 2.26. The fourth-order valence-corrected chi connectivity index (χ4v) is 2.06. The number of fused-ring (bicyclic) bond motifs is 1. The van der Waals surface area contributed by atoms with Gasteiger partial charge in [-0.25, -0.2) is 4.98 Å². The Bertz CT molecular complexity index is 527.